The van der Waals surface area contributed by atoms with Crippen LogP contribution in [0.3, 0.4) is 0 Å². The van der Waals surface area contributed by atoms with Crippen molar-refractivity contribution in [3.05, 3.63) is 42.0 Å². The summed E-state index contributed by atoms with van der Waals surface area (Å²) in [5.74, 6) is -0.174. The average Bonchev–Trinajstić information content (AvgIpc) is 2.92. The van der Waals surface area contributed by atoms with Gasteiger partial charge in [-0.1, -0.05) is 58.0 Å². The summed E-state index contributed by atoms with van der Waals surface area (Å²) in [6.07, 6.45) is 0.684. The molecule has 1 aliphatic heterocycles. The number of benzene rings is 2. The molecule has 0 saturated heterocycles. The molecule has 0 aliphatic carbocycles. The number of Topliss-reactive ketones (excluding diaryl/α,β-unsaturated/α-hetero) is 1. The van der Waals surface area contributed by atoms with E-state index >= 15 is 0 Å². The minimum absolute atomic E-state index is 0.0223. The van der Waals surface area contributed by atoms with Gasteiger partial charge in [0.2, 0.25) is 0 Å². The average molecular weight is 350 g/mol. The number of fused-ring (bicyclic) bond motifs is 3. The molecule has 1 N–H and O–H groups in total. The lowest BCUT2D eigenvalue weighted by Crippen LogP contribution is -2.18. The second-order valence-corrected chi connectivity index (χ2v) is 5.82. The Bertz CT molecular complexity index is 695. The molecule has 2 aromatic rings. The largest absolute Gasteiger partial charge is 0.400 e. The molecule has 4 nitrogen and oxygen atoms in total. The molecule has 0 saturated carbocycles. The van der Waals surface area contributed by atoms with Crippen LogP contribution in [0.15, 0.2) is 41.3 Å². The minimum Gasteiger partial charge on any atom is -0.400 e. The number of carbonyl (C=O) groups is 2. The molecular formula is C19H26O4S. The molecule has 0 spiro atoms. The second kappa shape index (κ2) is 11.6. The molecule has 2 atom stereocenters. The number of aliphatic hydroxyl groups is 1. The summed E-state index contributed by atoms with van der Waals surface area (Å²) in [6.45, 7) is 8.00. The van der Waals surface area contributed by atoms with Crippen molar-refractivity contribution in [3.8, 4) is 0 Å². The quantitative estimate of drug-likeness (QED) is 0.837. The first-order valence-corrected chi connectivity index (χ1v) is 9.30. The molecule has 132 valence electrons. The van der Waals surface area contributed by atoms with Gasteiger partial charge in [0.1, 0.15) is 11.5 Å². The molecule has 2 aromatic carbocycles. The Kier molecular flexibility index (Phi) is 10.8. The number of hydrogen-bond donors (Lipinski definition) is 1. The standard InChI is InChI=1S/C14H10O3S.2C2H6.CH4O/c15-8-7-12-14(16)13-10-4-2-1-3-9(10)5-6-11(13)18(12)17;3*1-2/h1-6,8,12H,7H2;2*1-2H3;2H,1H3. The molecule has 3 rings (SSSR count). The van der Waals surface area contributed by atoms with Crippen molar-refractivity contribution < 1.29 is 18.9 Å². The number of hydrogen-bond acceptors (Lipinski definition) is 4. The van der Waals surface area contributed by atoms with Gasteiger partial charge in [-0.15, -0.1) is 0 Å². The summed E-state index contributed by atoms with van der Waals surface area (Å²) >= 11 is 0. The number of ketones is 1. The highest BCUT2D eigenvalue weighted by Gasteiger charge is 2.38. The highest BCUT2D eigenvalue weighted by molar-refractivity contribution is 7.87. The van der Waals surface area contributed by atoms with E-state index < -0.39 is 16.0 Å². The van der Waals surface area contributed by atoms with E-state index in [9.17, 15) is 13.8 Å². The fraction of sp³-hybridized carbons (Fsp3) is 0.368. The summed E-state index contributed by atoms with van der Waals surface area (Å²) in [5.41, 5.74) is 0.526. The molecule has 2 unspecified atom stereocenters. The Morgan fingerprint density at radius 3 is 2.21 bits per heavy atom. The highest BCUT2D eigenvalue weighted by Crippen LogP contribution is 2.34. The van der Waals surface area contributed by atoms with Crippen LogP contribution in [0.5, 0.6) is 0 Å². The van der Waals surface area contributed by atoms with E-state index in [1.807, 2.05) is 58.0 Å². The van der Waals surface area contributed by atoms with Crippen LogP contribution >= 0.6 is 0 Å². The van der Waals surface area contributed by atoms with Crippen molar-refractivity contribution in [2.75, 3.05) is 7.11 Å². The van der Waals surface area contributed by atoms with E-state index in [2.05, 4.69) is 0 Å². The Hall–Kier alpha value is -1.85. The van der Waals surface area contributed by atoms with Crippen LogP contribution in [0.4, 0.5) is 0 Å². The molecule has 0 aromatic heterocycles. The fourth-order valence-electron chi connectivity index (χ4n) is 2.37. The van der Waals surface area contributed by atoms with Gasteiger partial charge < -0.3 is 9.90 Å². The van der Waals surface area contributed by atoms with Crippen LogP contribution in [0.25, 0.3) is 10.8 Å². The van der Waals surface area contributed by atoms with Crippen LogP contribution in [0.2, 0.25) is 0 Å². The van der Waals surface area contributed by atoms with Gasteiger partial charge in [0.15, 0.2) is 5.78 Å². The van der Waals surface area contributed by atoms with Crippen LogP contribution in [0, 0.1) is 0 Å². The summed E-state index contributed by atoms with van der Waals surface area (Å²) in [7, 11) is -0.402. The highest BCUT2D eigenvalue weighted by atomic mass is 32.2. The summed E-state index contributed by atoms with van der Waals surface area (Å²) in [6, 6.07) is 11.1. The van der Waals surface area contributed by atoms with Gasteiger partial charge in [0.05, 0.1) is 15.7 Å². The van der Waals surface area contributed by atoms with E-state index in [0.717, 1.165) is 17.9 Å². The molecule has 5 heteroatoms. The lowest BCUT2D eigenvalue weighted by Gasteiger charge is -2.02. The van der Waals surface area contributed by atoms with Gasteiger partial charge >= 0.3 is 0 Å². The van der Waals surface area contributed by atoms with Crippen LogP contribution in [-0.4, -0.2) is 33.7 Å². The van der Waals surface area contributed by atoms with Gasteiger partial charge in [-0.3, -0.25) is 9.00 Å². The lowest BCUT2D eigenvalue weighted by atomic mass is 9.99. The fourth-order valence-corrected chi connectivity index (χ4v) is 3.85. The van der Waals surface area contributed by atoms with Crippen molar-refractivity contribution in [2.45, 2.75) is 44.3 Å². The molecule has 0 radical (unpaired) electrons. The van der Waals surface area contributed by atoms with Crippen molar-refractivity contribution in [1.29, 1.82) is 0 Å². The number of rotatable bonds is 2. The SMILES string of the molecule is CC.CC.CO.O=CCC1C(=O)c2c(ccc3ccccc23)S1=O. The van der Waals surface area contributed by atoms with E-state index in [1.54, 1.807) is 6.07 Å². The Morgan fingerprint density at radius 2 is 1.62 bits per heavy atom. The third-order valence-corrected chi connectivity index (χ3v) is 4.91. The monoisotopic (exact) mass is 350 g/mol. The smallest absolute Gasteiger partial charge is 0.181 e. The third-order valence-electron chi connectivity index (χ3n) is 3.22. The lowest BCUT2D eigenvalue weighted by molar-refractivity contribution is -0.107. The molecule has 0 amide bonds. The van der Waals surface area contributed by atoms with Crippen LogP contribution in [-0.2, 0) is 15.6 Å². The molecular weight excluding hydrogens is 324 g/mol. The summed E-state index contributed by atoms with van der Waals surface area (Å²) < 4.78 is 12.2. The first-order valence-electron chi connectivity index (χ1n) is 8.09. The number of aldehydes is 1. The maximum absolute atomic E-state index is 12.3. The number of carbonyl (C=O) groups excluding carboxylic acids is 2. The van der Waals surface area contributed by atoms with E-state index in [1.165, 1.54) is 0 Å². The van der Waals surface area contributed by atoms with Gasteiger partial charge in [-0.2, -0.15) is 0 Å². The first kappa shape index (κ1) is 22.2. The zero-order valence-electron chi connectivity index (χ0n) is 14.9. The predicted octanol–water partition coefficient (Wildman–Crippen LogP) is 3.76. The van der Waals surface area contributed by atoms with Gasteiger partial charge in [-0.25, -0.2) is 0 Å². The van der Waals surface area contributed by atoms with Crippen molar-refractivity contribution in [2.24, 2.45) is 0 Å². The molecule has 0 fully saturated rings. The van der Waals surface area contributed by atoms with Gasteiger partial charge in [-0.05, 0) is 16.8 Å². The maximum atomic E-state index is 12.3. The first-order chi connectivity index (χ1) is 11.7. The Labute approximate surface area is 146 Å². The summed E-state index contributed by atoms with van der Waals surface area (Å²) in [5, 5.41) is 8.07. The van der Waals surface area contributed by atoms with E-state index in [4.69, 9.17) is 5.11 Å². The topological polar surface area (TPSA) is 71.4 Å². The van der Waals surface area contributed by atoms with Gasteiger partial charge in [0, 0.05) is 19.1 Å². The predicted molar refractivity (Wildman–Crippen MR) is 100.0 cm³/mol. The third kappa shape index (κ3) is 4.36. The van der Waals surface area contributed by atoms with E-state index in [0.29, 0.717) is 16.7 Å². The van der Waals surface area contributed by atoms with Crippen molar-refractivity contribution in [1.82, 2.24) is 0 Å². The zero-order chi connectivity index (χ0) is 18.7. The Balaban J connectivity index is 0.000000798. The van der Waals surface area contributed by atoms with Crippen LogP contribution < -0.4 is 0 Å². The van der Waals surface area contributed by atoms with Crippen molar-refractivity contribution in [3.63, 3.8) is 0 Å². The van der Waals surface area contributed by atoms with E-state index in [-0.39, 0.29) is 12.2 Å². The van der Waals surface area contributed by atoms with Gasteiger partial charge in [0.25, 0.3) is 0 Å². The molecule has 0 bridgehead atoms. The Morgan fingerprint density at radius 1 is 1.04 bits per heavy atom. The molecule has 24 heavy (non-hydrogen) atoms. The van der Waals surface area contributed by atoms with Crippen LogP contribution in [0.1, 0.15) is 44.5 Å². The van der Waals surface area contributed by atoms with Crippen molar-refractivity contribution >= 4 is 33.6 Å². The minimum atomic E-state index is -1.40. The number of aliphatic hydroxyl groups excluding tert-OH is 1. The second-order valence-electron chi connectivity index (χ2n) is 4.21. The normalized spacial score (nSPS) is 17.3. The maximum Gasteiger partial charge on any atom is 0.181 e. The zero-order valence-corrected chi connectivity index (χ0v) is 15.7. The molecule has 1 heterocycles. The summed E-state index contributed by atoms with van der Waals surface area (Å²) in [4.78, 5) is 23.4. The molecule has 1 aliphatic rings.